The number of halogens is 1. The Bertz CT molecular complexity index is 806. The van der Waals surface area contributed by atoms with Crippen molar-refractivity contribution < 1.29 is 4.39 Å². The molecule has 0 bridgehead atoms. The van der Waals surface area contributed by atoms with Crippen LogP contribution in [0, 0.1) is 5.82 Å². The van der Waals surface area contributed by atoms with Crippen LogP contribution in [0.4, 0.5) is 4.39 Å². The summed E-state index contributed by atoms with van der Waals surface area (Å²) in [5.41, 5.74) is 1.69. The summed E-state index contributed by atoms with van der Waals surface area (Å²) >= 11 is 0. The molecule has 3 rings (SSSR count). The molecule has 22 heavy (non-hydrogen) atoms. The van der Waals surface area contributed by atoms with E-state index in [2.05, 4.69) is 29.4 Å². The summed E-state index contributed by atoms with van der Waals surface area (Å²) in [6.07, 6.45) is 1.56. The first-order valence-electron chi connectivity index (χ1n) is 7.20. The van der Waals surface area contributed by atoms with E-state index < -0.39 is 0 Å². The summed E-state index contributed by atoms with van der Waals surface area (Å²) in [7, 11) is 1.89. The van der Waals surface area contributed by atoms with Crippen LogP contribution < -0.4 is 0 Å². The third-order valence-corrected chi connectivity index (χ3v) is 3.58. The van der Waals surface area contributed by atoms with Crippen LogP contribution in [0.5, 0.6) is 0 Å². The van der Waals surface area contributed by atoms with Crippen molar-refractivity contribution in [1.82, 2.24) is 5.01 Å². The van der Waals surface area contributed by atoms with Crippen molar-refractivity contribution in [3.8, 4) is 0 Å². The van der Waals surface area contributed by atoms with Gasteiger partial charge in [-0.3, -0.25) is 5.01 Å². The second-order valence-corrected chi connectivity index (χ2v) is 5.22. The summed E-state index contributed by atoms with van der Waals surface area (Å²) < 4.78 is 13.6. The topological polar surface area (TPSA) is 15.6 Å². The first-order valence-corrected chi connectivity index (χ1v) is 7.20. The van der Waals surface area contributed by atoms with Gasteiger partial charge in [0.05, 0.1) is 12.8 Å². The lowest BCUT2D eigenvalue weighted by molar-refractivity contribution is 0.350. The van der Waals surface area contributed by atoms with Crippen molar-refractivity contribution in [2.75, 3.05) is 7.05 Å². The van der Waals surface area contributed by atoms with Gasteiger partial charge in [0, 0.05) is 12.6 Å². The van der Waals surface area contributed by atoms with Crippen LogP contribution in [0.2, 0.25) is 0 Å². The third-order valence-electron chi connectivity index (χ3n) is 3.58. The van der Waals surface area contributed by atoms with Gasteiger partial charge in [-0.25, -0.2) is 4.39 Å². The Morgan fingerprint density at radius 3 is 2.55 bits per heavy atom. The van der Waals surface area contributed by atoms with Crippen molar-refractivity contribution in [2.24, 2.45) is 5.10 Å². The molecule has 3 heteroatoms. The Morgan fingerprint density at radius 2 is 1.68 bits per heavy atom. The van der Waals surface area contributed by atoms with Gasteiger partial charge in [0.2, 0.25) is 0 Å². The average molecular weight is 292 g/mol. The fraction of sp³-hybridized carbons (Fsp3) is 0.105. The lowest BCUT2D eigenvalue weighted by atomic mass is 10.0. The van der Waals surface area contributed by atoms with Crippen molar-refractivity contribution in [3.63, 3.8) is 0 Å². The molecule has 0 saturated carbocycles. The van der Waals surface area contributed by atoms with Gasteiger partial charge in [-0.2, -0.15) is 5.10 Å². The van der Waals surface area contributed by atoms with Crippen LogP contribution >= 0.6 is 0 Å². The number of hydrazone groups is 1. The highest BCUT2D eigenvalue weighted by Gasteiger charge is 2.03. The van der Waals surface area contributed by atoms with Crippen LogP contribution in [-0.4, -0.2) is 18.3 Å². The first kappa shape index (κ1) is 14.3. The minimum atomic E-state index is -0.259. The molecule has 0 amide bonds. The molecule has 3 aromatic carbocycles. The highest BCUT2D eigenvalue weighted by molar-refractivity contribution is 5.85. The summed E-state index contributed by atoms with van der Waals surface area (Å²) in [5.74, 6) is -0.259. The predicted molar refractivity (Wildman–Crippen MR) is 89.4 cm³/mol. The van der Waals surface area contributed by atoms with E-state index in [1.807, 2.05) is 30.3 Å². The minimum absolute atomic E-state index is 0.259. The quantitative estimate of drug-likeness (QED) is 0.512. The second kappa shape index (κ2) is 6.39. The van der Waals surface area contributed by atoms with Gasteiger partial charge >= 0.3 is 0 Å². The maximum absolute atomic E-state index is 13.6. The van der Waals surface area contributed by atoms with Crippen molar-refractivity contribution >= 4 is 17.0 Å². The van der Waals surface area contributed by atoms with Crippen molar-refractivity contribution in [2.45, 2.75) is 6.54 Å². The normalized spacial score (nSPS) is 11.2. The van der Waals surface area contributed by atoms with Crippen molar-refractivity contribution in [3.05, 3.63) is 83.7 Å². The molecule has 0 spiro atoms. The zero-order valence-electron chi connectivity index (χ0n) is 12.4. The molecule has 0 saturated heterocycles. The molecule has 0 aliphatic rings. The predicted octanol–water partition coefficient (Wildman–Crippen LogP) is 4.44. The summed E-state index contributed by atoms with van der Waals surface area (Å²) in [6.45, 7) is 0.673. The van der Waals surface area contributed by atoms with Crippen LogP contribution in [0.15, 0.2) is 71.8 Å². The zero-order chi connectivity index (χ0) is 15.4. The average Bonchev–Trinajstić information content (AvgIpc) is 2.54. The lowest BCUT2D eigenvalue weighted by Gasteiger charge is -2.14. The van der Waals surface area contributed by atoms with Crippen LogP contribution in [0.25, 0.3) is 10.8 Å². The van der Waals surface area contributed by atoms with Gasteiger partial charge < -0.3 is 0 Å². The number of nitrogens with zero attached hydrogens (tertiary/aromatic N) is 2. The molecular weight excluding hydrogens is 275 g/mol. The highest BCUT2D eigenvalue weighted by atomic mass is 19.1. The van der Waals surface area contributed by atoms with Gasteiger partial charge in [0.15, 0.2) is 0 Å². The SMILES string of the molecule is CN(Cc1cccc2ccccc12)/N=C/c1ccccc1F. The van der Waals surface area contributed by atoms with Gasteiger partial charge in [-0.15, -0.1) is 0 Å². The molecule has 3 aromatic rings. The van der Waals surface area contributed by atoms with Crippen LogP contribution in [0.3, 0.4) is 0 Å². The molecule has 0 fully saturated rings. The molecule has 0 aliphatic heterocycles. The molecular formula is C19H17FN2. The summed E-state index contributed by atoms with van der Waals surface area (Å²) in [4.78, 5) is 0. The van der Waals surface area contributed by atoms with Crippen LogP contribution in [-0.2, 0) is 6.54 Å². The molecule has 0 heterocycles. The Morgan fingerprint density at radius 1 is 0.955 bits per heavy atom. The highest BCUT2D eigenvalue weighted by Crippen LogP contribution is 2.19. The molecule has 0 radical (unpaired) electrons. The van der Waals surface area contributed by atoms with E-state index in [0.29, 0.717) is 12.1 Å². The van der Waals surface area contributed by atoms with Crippen molar-refractivity contribution in [1.29, 1.82) is 0 Å². The van der Waals surface area contributed by atoms with E-state index in [1.54, 1.807) is 24.4 Å². The smallest absolute Gasteiger partial charge is 0.132 e. The van der Waals surface area contributed by atoms with E-state index in [0.717, 1.165) is 0 Å². The standard InChI is InChI=1S/C19H17FN2/c1-22(21-13-16-8-3-5-12-19(16)20)14-17-10-6-9-15-7-2-4-11-18(15)17/h2-13H,14H2,1H3/b21-13+. The first-order chi connectivity index (χ1) is 10.7. The fourth-order valence-electron chi connectivity index (χ4n) is 2.46. The number of rotatable bonds is 4. The van der Waals surface area contributed by atoms with E-state index in [4.69, 9.17) is 0 Å². The third kappa shape index (κ3) is 3.14. The molecule has 0 unspecified atom stereocenters. The molecule has 2 nitrogen and oxygen atoms in total. The Hall–Kier alpha value is -2.68. The lowest BCUT2D eigenvalue weighted by Crippen LogP contribution is -2.11. The van der Waals surface area contributed by atoms with E-state index in [9.17, 15) is 4.39 Å². The van der Waals surface area contributed by atoms with E-state index in [1.165, 1.54) is 22.4 Å². The molecule has 110 valence electrons. The molecule has 0 N–H and O–H groups in total. The second-order valence-electron chi connectivity index (χ2n) is 5.22. The Balaban J connectivity index is 1.79. The number of hydrogen-bond acceptors (Lipinski definition) is 2. The minimum Gasteiger partial charge on any atom is -0.296 e. The maximum atomic E-state index is 13.6. The zero-order valence-corrected chi connectivity index (χ0v) is 12.4. The number of hydrogen-bond donors (Lipinski definition) is 0. The van der Waals surface area contributed by atoms with Gasteiger partial charge in [0.25, 0.3) is 0 Å². The Kier molecular flexibility index (Phi) is 4.15. The van der Waals surface area contributed by atoms with E-state index in [-0.39, 0.29) is 5.82 Å². The van der Waals surface area contributed by atoms with E-state index >= 15 is 0 Å². The van der Waals surface area contributed by atoms with Gasteiger partial charge in [-0.1, -0.05) is 60.7 Å². The number of fused-ring (bicyclic) bond motifs is 1. The Labute approximate surface area is 129 Å². The van der Waals surface area contributed by atoms with Gasteiger partial charge in [-0.05, 0) is 22.4 Å². The largest absolute Gasteiger partial charge is 0.296 e. The monoisotopic (exact) mass is 292 g/mol. The van der Waals surface area contributed by atoms with Crippen LogP contribution in [0.1, 0.15) is 11.1 Å². The summed E-state index contributed by atoms with van der Waals surface area (Å²) in [6, 6.07) is 21.1. The molecule has 0 atom stereocenters. The number of benzene rings is 3. The maximum Gasteiger partial charge on any atom is 0.132 e. The molecule has 0 aromatic heterocycles. The fourth-order valence-corrected chi connectivity index (χ4v) is 2.46. The van der Waals surface area contributed by atoms with Gasteiger partial charge in [0.1, 0.15) is 5.82 Å². The molecule has 0 aliphatic carbocycles. The summed E-state index contributed by atoms with van der Waals surface area (Å²) in [5, 5.41) is 8.57.